The number of hydrogen-bond acceptors (Lipinski definition) is 3. The zero-order valence-electron chi connectivity index (χ0n) is 10.9. The molecule has 104 valence electrons. The number of anilines is 1. The first-order chi connectivity index (χ1) is 9.67. The van der Waals surface area contributed by atoms with Gasteiger partial charge < -0.3 is 14.5 Å². The highest BCUT2D eigenvalue weighted by Crippen LogP contribution is 2.13. The quantitative estimate of drug-likeness (QED) is 0.633. The van der Waals surface area contributed by atoms with Crippen molar-refractivity contribution in [2.75, 3.05) is 12.4 Å². The number of furan rings is 1. The number of carbonyl (C=O) groups is 1. The minimum atomic E-state index is -0.203. The molecular formula is C15H14INO3. The van der Waals surface area contributed by atoms with Crippen LogP contribution < -0.4 is 5.32 Å². The maximum absolute atomic E-state index is 11.8. The summed E-state index contributed by atoms with van der Waals surface area (Å²) in [5.41, 5.74) is 1.75. The summed E-state index contributed by atoms with van der Waals surface area (Å²) in [5.74, 6) is 0.448. The van der Waals surface area contributed by atoms with Gasteiger partial charge in [-0.25, -0.2) is 0 Å². The van der Waals surface area contributed by atoms with Crippen LogP contribution in [0, 0.1) is 3.77 Å². The van der Waals surface area contributed by atoms with Crippen molar-refractivity contribution in [2.45, 2.75) is 6.61 Å². The summed E-state index contributed by atoms with van der Waals surface area (Å²) >= 11 is 2.07. The maximum Gasteiger partial charge on any atom is 0.248 e. The molecule has 1 N–H and O–H groups in total. The van der Waals surface area contributed by atoms with Crippen molar-refractivity contribution in [1.82, 2.24) is 0 Å². The van der Waals surface area contributed by atoms with E-state index in [-0.39, 0.29) is 5.91 Å². The predicted molar refractivity (Wildman–Crippen MR) is 86.2 cm³/mol. The second kappa shape index (κ2) is 7.25. The Morgan fingerprint density at radius 1 is 1.40 bits per heavy atom. The zero-order valence-corrected chi connectivity index (χ0v) is 13.1. The second-order valence-electron chi connectivity index (χ2n) is 4.10. The third-order valence-electron chi connectivity index (χ3n) is 2.50. The second-order valence-corrected chi connectivity index (χ2v) is 5.16. The van der Waals surface area contributed by atoms with Gasteiger partial charge in [-0.3, -0.25) is 4.79 Å². The van der Waals surface area contributed by atoms with E-state index in [0.717, 1.165) is 15.0 Å². The minimum absolute atomic E-state index is 0.203. The highest BCUT2D eigenvalue weighted by Gasteiger charge is 2.00. The molecule has 2 rings (SSSR count). The number of rotatable bonds is 5. The molecule has 1 amide bonds. The fourth-order valence-corrected chi connectivity index (χ4v) is 2.10. The van der Waals surface area contributed by atoms with Crippen LogP contribution in [0.15, 0.2) is 46.9 Å². The van der Waals surface area contributed by atoms with Gasteiger partial charge >= 0.3 is 0 Å². The van der Waals surface area contributed by atoms with Gasteiger partial charge in [-0.2, -0.15) is 0 Å². The Morgan fingerprint density at radius 2 is 2.25 bits per heavy atom. The molecule has 0 spiro atoms. The van der Waals surface area contributed by atoms with Crippen molar-refractivity contribution in [3.63, 3.8) is 0 Å². The summed E-state index contributed by atoms with van der Waals surface area (Å²) in [5, 5.41) is 2.79. The summed E-state index contributed by atoms with van der Waals surface area (Å²) in [4.78, 5) is 11.8. The molecule has 0 unspecified atom stereocenters. The average Bonchev–Trinajstić information content (AvgIpc) is 2.83. The van der Waals surface area contributed by atoms with Crippen molar-refractivity contribution >= 4 is 40.3 Å². The van der Waals surface area contributed by atoms with Crippen molar-refractivity contribution in [2.24, 2.45) is 0 Å². The van der Waals surface area contributed by atoms with Crippen LogP contribution in [-0.2, 0) is 16.1 Å². The molecular weight excluding hydrogens is 369 g/mol. The Morgan fingerprint density at radius 3 is 2.95 bits per heavy atom. The highest BCUT2D eigenvalue weighted by atomic mass is 127. The third-order valence-corrected chi connectivity index (χ3v) is 3.08. The highest BCUT2D eigenvalue weighted by molar-refractivity contribution is 14.1. The first-order valence-electron chi connectivity index (χ1n) is 5.99. The SMILES string of the molecule is COCc1cccc(NC(=O)/C=C/c2ccc(I)o2)c1. The van der Waals surface area contributed by atoms with Crippen LogP contribution >= 0.6 is 22.6 Å². The lowest BCUT2D eigenvalue weighted by Crippen LogP contribution is -2.07. The van der Waals surface area contributed by atoms with Gasteiger partial charge in [0.05, 0.1) is 6.61 Å². The Labute approximate surface area is 131 Å². The summed E-state index contributed by atoms with van der Waals surface area (Å²) in [7, 11) is 1.64. The first-order valence-corrected chi connectivity index (χ1v) is 7.07. The van der Waals surface area contributed by atoms with Gasteiger partial charge in [0.1, 0.15) is 5.76 Å². The molecule has 1 aromatic heterocycles. The molecule has 0 bridgehead atoms. The van der Waals surface area contributed by atoms with Crippen LogP contribution in [0.5, 0.6) is 0 Å². The number of carbonyl (C=O) groups excluding carboxylic acids is 1. The molecule has 1 aromatic carbocycles. The minimum Gasteiger partial charge on any atom is -0.451 e. The molecule has 0 saturated carbocycles. The first kappa shape index (κ1) is 14.8. The Balaban J connectivity index is 1.97. The van der Waals surface area contributed by atoms with E-state index in [1.807, 2.05) is 36.4 Å². The molecule has 4 nitrogen and oxygen atoms in total. The third kappa shape index (κ3) is 4.50. The van der Waals surface area contributed by atoms with E-state index in [1.54, 1.807) is 13.2 Å². The van der Waals surface area contributed by atoms with E-state index < -0.39 is 0 Å². The average molecular weight is 383 g/mol. The van der Waals surface area contributed by atoms with Gasteiger partial charge in [0, 0.05) is 18.9 Å². The molecule has 0 aliphatic carbocycles. The molecule has 1 heterocycles. The van der Waals surface area contributed by atoms with Gasteiger partial charge in [-0.1, -0.05) is 12.1 Å². The fourth-order valence-electron chi connectivity index (χ4n) is 1.67. The summed E-state index contributed by atoms with van der Waals surface area (Å²) < 4.78 is 11.2. The van der Waals surface area contributed by atoms with Crippen LogP contribution in [0.4, 0.5) is 5.69 Å². The smallest absolute Gasteiger partial charge is 0.248 e. The standard InChI is InChI=1S/C15H14INO3/c1-19-10-11-3-2-4-12(9-11)17-15(18)8-6-13-5-7-14(16)20-13/h2-9H,10H2,1H3,(H,17,18)/b8-6+. The topological polar surface area (TPSA) is 51.5 Å². The molecule has 0 fully saturated rings. The van der Waals surface area contributed by atoms with E-state index in [1.165, 1.54) is 6.08 Å². The van der Waals surface area contributed by atoms with E-state index >= 15 is 0 Å². The number of halogens is 1. The summed E-state index contributed by atoms with van der Waals surface area (Å²) in [6.45, 7) is 0.518. The monoisotopic (exact) mass is 383 g/mol. The zero-order chi connectivity index (χ0) is 14.4. The summed E-state index contributed by atoms with van der Waals surface area (Å²) in [6.07, 6.45) is 3.08. The molecule has 0 saturated heterocycles. The van der Waals surface area contributed by atoms with E-state index in [0.29, 0.717) is 12.4 Å². The van der Waals surface area contributed by atoms with Gasteiger partial charge in [0.15, 0.2) is 3.77 Å². The molecule has 0 aliphatic rings. The normalized spacial score (nSPS) is 10.9. The molecule has 0 atom stereocenters. The Kier molecular flexibility index (Phi) is 5.37. The molecule has 5 heteroatoms. The number of hydrogen-bond donors (Lipinski definition) is 1. The van der Waals surface area contributed by atoms with Gasteiger partial charge in [0.25, 0.3) is 0 Å². The number of amides is 1. The Hall–Kier alpha value is -1.60. The van der Waals surface area contributed by atoms with Crippen molar-refractivity contribution in [3.05, 3.63) is 57.6 Å². The molecule has 0 radical (unpaired) electrons. The lowest BCUT2D eigenvalue weighted by molar-refractivity contribution is -0.111. The number of ether oxygens (including phenoxy) is 1. The maximum atomic E-state index is 11.8. The van der Waals surface area contributed by atoms with Gasteiger partial charge in [-0.15, -0.1) is 0 Å². The summed E-state index contributed by atoms with van der Waals surface area (Å²) in [6, 6.07) is 11.2. The fraction of sp³-hybridized carbons (Fsp3) is 0.133. The van der Waals surface area contributed by atoms with Gasteiger partial charge in [-0.05, 0) is 58.5 Å². The van der Waals surface area contributed by atoms with Gasteiger partial charge in [0.2, 0.25) is 5.91 Å². The van der Waals surface area contributed by atoms with Crippen molar-refractivity contribution < 1.29 is 13.9 Å². The lowest BCUT2D eigenvalue weighted by Gasteiger charge is -2.04. The van der Waals surface area contributed by atoms with Crippen molar-refractivity contribution in [3.8, 4) is 0 Å². The van der Waals surface area contributed by atoms with E-state index in [9.17, 15) is 4.79 Å². The van der Waals surface area contributed by atoms with E-state index in [4.69, 9.17) is 9.15 Å². The number of nitrogens with one attached hydrogen (secondary N) is 1. The van der Waals surface area contributed by atoms with Crippen LogP contribution in [0.25, 0.3) is 6.08 Å². The Bertz CT molecular complexity index is 619. The van der Waals surface area contributed by atoms with Crippen LogP contribution in [0.1, 0.15) is 11.3 Å². The molecule has 0 aliphatic heterocycles. The van der Waals surface area contributed by atoms with Crippen LogP contribution in [0.2, 0.25) is 0 Å². The van der Waals surface area contributed by atoms with Crippen LogP contribution in [-0.4, -0.2) is 13.0 Å². The van der Waals surface area contributed by atoms with Crippen LogP contribution in [0.3, 0.4) is 0 Å². The van der Waals surface area contributed by atoms with Crippen molar-refractivity contribution in [1.29, 1.82) is 0 Å². The molecule has 2 aromatic rings. The number of methoxy groups -OCH3 is 1. The largest absolute Gasteiger partial charge is 0.451 e. The predicted octanol–water partition coefficient (Wildman–Crippen LogP) is 3.68. The molecule has 20 heavy (non-hydrogen) atoms. The van der Waals surface area contributed by atoms with E-state index in [2.05, 4.69) is 27.9 Å². The lowest BCUT2D eigenvalue weighted by atomic mass is 10.2. The number of benzene rings is 1.